The molecule has 6 nitrogen and oxygen atoms in total. The molecule has 0 unspecified atom stereocenters. The summed E-state index contributed by atoms with van der Waals surface area (Å²) in [6, 6.07) is 12.1. The SMILES string of the molecule is CN(CCCc1cc2c(cc1-c1ccccc1CCO)OCO2)C(=O)OC(C)(C)C. The second-order valence-corrected chi connectivity index (χ2v) is 8.50. The first-order chi connectivity index (χ1) is 14.3. The Bertz CT molecular complexity index is 888. The molecule has 0 radical (unpaired) electrons. The minimum Gasteiger partial charge on any atom is -0.454 e. The summed E-state index contributed by atoms with van der Waals surface area (Å²) in [6.07, 6.45) is 1.82. The zero-order valence-corrected chi connectivity index (χ0v) is 18.2. The third-order valence-electron chi connectivity index (χ3n) is 4.93. The van der Waals surface area contributed by atoms with Crippen LogP contribution in [-0.4, -0.2) is 48.7 Å². The third-order valence-corrected chi connectivity index (χ3v) is 4.93. The van der Waals surface area contributed by atoms with Gasteiger partial charge >= 0.3 is 6.09 Å². The van der Waals surface area contributed by atoms with Crippen molar-refractivity contribution in [2.45, 2.75) is 45.6 Å². The molecule has 2 aromatic carbocycles. The van der Waals surface area contributed by atoms with Crippen LogP contribution in [0.15, 0.2) is 36.4 Å². The van der Waals surface area contributed by atoms with Gasteiger partial charge in [0.25, 0.3) is 0 Å². The Morgan fingerprint density at radius 1 is 1.07 bits per heavy atom. The van der Waals surface area contributed by atoms with Gasteiger partial charge in [-0.1, -0.05) is 24.3 Å². The van der Waals surface area contributed by atoms with E-state index < -0.39 is 5.60 Å². The van der Waals surface area contributed by atoms with E-state index in [2.05, 4.69) is 6.07 Å². The Balaban J connectivity index is 1.79. The van der Waals surface area contributed by atoms with Crippen LogP contribution >= 0.6 is 0 Å². The number of hydrogen-bond acceptors (Lipinski definition) is 5. The molecule has 0 aliphatic carbocycles. The molecule has 0 bridgehead atoms. The molecule has 0 saturated heterocycles. The Kier molecular flexibility index (Phi) is 6.87. The van der Waals surface area contributed by atoms with E-state index in [1.807, 2.05) is 51.1 Å². The summed E-state index contributed by atoms with van der Waals surface area (Å²) in [5.74, 6) is 1.48. The molecule has 0 spiro atoms. The Hall–Kier alpha value is -2.73. The molecule has 2 aromatic rings. The van der Waals surface area contributed by atoms with Crippen molar-refractivity contribution in [3.63, 3.8) is 0 Å². The van der Waals surface area contributed by atoms with Gasteiger partial charge in [0.2, 0.25) is 6.79 Å². The zero-order valence-electron chi connectivity index (χ0n) is 18.2. The first kappa shape index (κ1) is 22.0. The van der Waals surface area contributed by atoms with E-state index in [1.54, 1.807) is 11.9 Å². The van der Waals surface area contributed by atoms with Gasteiger partial charge in [0.1, 0.15) is 5.60 Å². The number of amides is 1. The summed E-state index contributed by atoms with van der Waals surface area (Å²) in [5, 5.41) is 9.46. The highest BCUT2D eigenvalue weighted by atomic mass is 16.7. The number of nitrogens with zero attached hydrogens (tertiary/aromatic N) is 1. The van der Waals surface area contributed by atoms with Crippen LogP contribution in [0.2, 0.25) is 0 Å². The Morgan fingerprint density at radius 3 is 2.47 bits per heavy atom. The highest BCUT2D eigenvalue weighted by Crippen LogP contribution is 2.40. The van der Waals surface area contributed by atoms with E-state index in [1.165, 1.54) is 0 Å². The van der Waals surface area contributed by atoms with Crippen LogP contribution in [0.4, 0.5) is 4.79 Å². The number of rotatable bonds is 7. The predicted molar refractivity (Wildman–Crippen MR) is 116 cm³/mol. The molecular weight excluding hydrogens is 382 g/mol. The number of ether oxygens (including phenoxy) is 3. The van der Waals surface area contributed by atoms with Gasteiger partial charge in [0, 0.05) is 20.2 Å². The lowest BCUT2D eigenvalue weighted by molar-refractivity contribution is 0.0297. The van der Waals surface area contributed by atoms with Crippen molar-refractivity contribution >= 4 is 6.09 Å². The average Bonchev–Trinajstić information content (AvgIpc) is 3.14. The molecule has 1 aliphatic rings. The van der Waals surface area contributed by atoms with Crippen molar-refractivity contribution in [3.8, 4) is 22.6 Å². The van der Waals surface area contributed by atoms with Crippen molar-refractivity contribution in [2.24, 2.45) is 0 Å². The fraction of sp³-hybridized carbons (Fsp3) is 0.458. The van der Waals surface area contributed by atoms with Crippen LogP contribution < -0.4 is 9.47 Å². The summed E-state index contributed by atoms with van der Waals surface area (Å²) in [7, 11) is 1.76. The highest BCUT2D eigenvalue weighted by molar-refractivity contribution is 5.74. The van der Waals surface area contributed by atoms with E-state index in [9.17, 15) is 9.90 Å². The topological polar surface area (TPSA) is 68.2 Å². The number of carbonyl (C=O) groups excluding carboxylic acids is 1. The molecule has 0 saturated carbocycles. The largest absolute Gasteiger partial charge is 0.454 e. The van der Waals surface area contributed by atoms with Gasteiger partial charge in [-0.2, -0.15) is 0 Å². The maximum atomic E-state index is 12.2. The second kappa shape index (κ2) is 9.39. The maximum absolute atomic E-state index is 12.2. The first-order valence-corrected chi connectivity index (χ1v) is 10.3. The maximum Gasteiger partial charge on any atom is 0.410 e. The van der Waals surface area contributed by atoms with Gasteiger partial charge in [0.05, 0.1) is 0 Å². The van der Waals surface area contributed by atoms with Crippen molar-refractivity contribution in [2.75, 3.05) is 27.0 Å². The minimum atomic E-state index is -0.508. The third kappa shape index (κ3) is 5.45. The van der Waals surface area contributed by atoms with Gasteiger partial charge < -0.3 is 24.2 Å². The number of fused-ring (bicyclic) bond motifs is 1. The van der Waals surface area contributed by atoms with Crippen molar-refractivity contribution in [1.82, 2.24) is 4.90 Å². The van der Waals surface area contributed by atoms with Crippen molar-refractivity contribution in [1.29, 1.82) is 0 Å². The van der Waals surface area contributed by atoms with E-state index in [4.69, 9.17) is 14.2 Å². The molecule has 0 atom stereocenters. The van der Waals surface area contributed by atoms with Crippen LogP contribution in [0, 0.1) is 0 Å². The minimum absolute atomic E-state index is 0.0948. The summed E-state index contributed by atoms with van der Waals surface area (Å²) in [5.41, 5.74) is 3.86. The number of aliphatic hydroxyl groups is 1. The molecular formula is C24H31NO5. The quantitative estimate of drug-likeness (QED) is 0.728. The molecule has 162 valence electrons. The molecule has 1 N–H and O–H groups in total. The standard InChI is InChI=1S/C24H31NO5/c1-24(2,3)30-23(27)25(4)12-7-9-18-14-21-22(29-16-28-21)15-20(18)19-10-6-5-8-17(19)11-13-26/h5-6,8,10,14-15,26H,7,9,11-13,16H2,1-4H3. The fourth-order valence-electron chi connectivity index (χ4n) is 3.50. The molecule has 1 heterocycles. The van der Waals surface area contributed by atoms with Crippen molar-refractivity contribution in [3.05, 3.63) is 47.5 Å². The monoisotopic (exact) mass is 413 g/mol. The van der Waals surface area contributed by atoms with E-state index >= 15 is 0 Å². The lowest BCUT2D eigenvalue weighted by Crippen LogP contribution is -2.34. The molecule has 1 aliphatic heterocycles. The lowest BCUT2D eigenvalue weighted by atomic mass is 9.91. The molecule has 6 heteroatoms. The Labute approximate surface area is 178 Å². The predicted octanol–water partition coefficient (Wildman–Crippen LogP) is 4.42. The smallest absolute Gasteiger partial charge is 0.410 e. The van der Waals surface area contributed by atoms with Crippen LogP contribution in [-0.2, 0) is 17.6 Å². The van der Waals surface area contributed by atoms with Gasteiger partial charge in [0.15, 0.2) is 11.5 Å². The molecule has 0 fully saturated rings. The van der Waals surface area contributed by atoms with E-state index in [0.717, 1.165) is 46.6 Å². The average molecular weight is 414 g/mol. The van der Waals surface area contributed by atoms with E-state index in [0.29, 0.717) is 13.0 Å². The van der Waals surface area contributed by atoms with Gasteiger partial charge in [-0.3, -0.25) is 0 Å². The molecule has 30 heavy (non-hydrogen) atoms. The number of aryl methyl sites for hydroxylation is 1. The number of benzene rings is 2. The van der Waals surface area contributed by atoms with E-state index in [-0.39, 0.29) is 19.5 Å². The summed E-state index contributed by atoms with van der Waals surface area (Å²) in [6.45, 7) is 6.49. The zero-order chi connectivity index (χ0) is 21.7. The van der Waals surface area contributed by atoms with Gasteiger partial charge in [-0.05, 0) is 74.4 Å². The summed E-state index contributed by atoms with van der Waals surface area (Å²) in [4.78, 5) is 13.8. The number of carbonyl (C=O) groups is 1. The normalized spacial score (nSPS) is 12.7. The molecule has 0 aromatic heterocycles. The van der Waals surface area contributed by atoms with Crippen molar-refractivity contribution < 1.29 is 24.1 Å². The number of hydrogen-bond donors (Lipinski definition) is 1. The summed E-state index contributed by atoms with van der Waals surface area (Å²) >= 11 is 0. The van der Waals surface area contributed by atoms with Gasteiger partial charge in [-0.25, -0.2) is 4.79 Å². The first-order valence-electron chi connectivity index (χ1n) is 10.3. The Morgan fingerprint density at radius 2 is 1.77 bits per heavy atom. The number of aliphatic hydroxyl groups excluding tert-OH is 1. The molecule has 3 rings (SSSR count). The van der Waals surface area contributed by atoms with Crippen LogP contribution in [0.5, 0.6) is 11.5 Å². The van der Waals surface area contributed by atoms with Gasteiger partial charge in [-0.15, -0.1) is 0 Å². The highest BCUT2D eigenvalue weighted by Gasteiger charge is 2.21. The summed E-state index contributed by atoms with van der Waals surface area (Å²) < 4.78 is 16.6. The van der Waals surface area contributed by atoms with Crippen LogP contribution in [0.1, 0.15) is 38.3 Å². The second-order valence-electron chi connectivity index (χ2n) is 8.50. The fourth-order valence-corrected chi connectivity index (χ4v) is 3.50. The molecule has 1 amide bonds. The van der Waals surface area contributed by atoms with Crippen LogP contribution in [0.3, 0.4) is 0 Å². The lowest BCUT2D eigenvalue weighted by Gasteiger charge is -2.24. The van der Waals surface area contributed by atoms with Crippen LogP contribution in [0.25, 0.3) is 11.1 Å².